The Hall–Kier alpha value is -1.41. The number of nitrogens with one attached hydrogen (secondary N) is 1. The van der Waals surface area contributed by atoms with Crippen LogP contribution in [0.25, 0.3) is 0 Å². The van der Waals surface area contributed by atoms with Crippen LogP contribution < -0.4 is 5.32 Å². The number of thioether (sulfide) groups is 1. The first-order chi connectivity index (χ1) is 10.1. The van der Waals surface area contributed by atoms with Gasteiger partial charge in [0.05, 0.1) is 11.8 Å². The van der Waals surface area contributed by atoms with Gasteiger partial charge in [-0.1, -0.05) is 46.7 Å². The Balaban J connectivity index is 1.90. The molecule has 0 aliphatic rings. The third kappa shape index (κ3) is 4.53. The van der Waals surface area contributed by atoms with Crippen molar-refractivity contribution in [3.05, 3.63) is 34.3 Å². The lowest BCUT2D eigenvalue weighted by Crippen LogP contribution is -2.29. The Morgan fingerprint density at radius 1 is 1.43 bits per heavy atom. The Kier molecular flexibility index (Phi) is 5.75. The normalized spacial score (nSPS) is 12.1. The van der Waals surface area contributed by atoms with Gasteiger partial charge in [0.1, 0.15) is 0 Å². The molecule has 0 radical (unpaired) electrons. The summed E-state index contributed by atoms with van der Waals surface area (Å²) >= 11 is 4.73. The van der Waals surface area contributed by atoms with Gasteiger partial charge < -0.3 is 5.32 Å². The minimum atomic E-state index is -0.0298. The zero-order valence-electron chi connectivity index (χ0n) is 11.8. The molecule has 0 bridgehead atoms. The highest BCUT2D eigenvalue weighted by molar-refractivity contribution is 9.10. The number of tetrazole rings is 1. The Bertz CT molecular complexity index is 601. The zero-order chi connectivity index (χ0) is 15.2. The maximum Gasteiger partial charge on any atom is 0.230 e. The van der Waals surface area contributed by atoms with Gasteiger partial charge in [-0.25, -0.2) is 4.68 Å². The number of aromatic nitrogens is 4. The number of halogens is 1. The molecule has 0 unspecified atom stereocenters. The second-order valence-electron chi connectivity index (χ2n) is 4.45. The molecule has 0 aliphatic carbocycles. The van der Waals surface area contributed by atoms with E-state index in [-0.39, 0.29) is 11.9 Å². The van der Waals surface area contributed by atoms with Crippen LogP contribution in [0.4, 0.5) is 0 Å². The molecule has 1 amide bonds. The van der Waals surface area contributed by atoms with E-state index in [2.05, 4.69) is 36.8 Å². The molecule has 1 N–H and O–H groups in total. The van der Waals surface area contributed by atoms with Crippen molar-refractivity contribution in [3.8, 4) is 0 Å². The molecule has 0 fully saturated rings. The first-order valence-corrected chi connectivity index (χ1v) is 8.28. The monoisotopic (exact) mass is 369 g/mol. The lowest BCUT2D eigenvalue weighted by Gasteiger charge is -2.17. The van der Waals surface area contributed by atoms with Crippen molar-refractivity contribution in [3.63, 3.8) is 0 Å². The highest BCUT2D eigenvalue weighted by atomic mass is 79.9. The van der Waals surface area contributed by atoms with Crippen LogP contribution in [0.3, 0.4) is 0 Å². The minimum absolute atomic E-state index is 0.0174. The summed E-state index contributed by atoms with van der Waals surface area (Å²) in [5.74, 6) is 0.263. The van der Waals surface area contributed by atoms with Crippen LogP contribution in [0.1, 0.15) is 24.9 Å². The third-order valence-corrected chi connectivity index (χ3v) is 4.47. The van der Waals surface area contributed by atoms with Crippen LogP contribution in [0.15, 0.2) is 33.9 Å². The van der Waals surface area contributed by atoms with Gasteiger partial charge in [0.25, 0.3) is 0 Å². The maximum absolute atomic E-state index is 12.0. The molecular formula is C13H16BrN5OS. The van der Waals surface area contributed by atoms with Gasteiger partial charge in [-0.15, -0.1) is 5.10 Å². The highest BCUT2D eigenvalue weighted by Crippen LogP contribution is 2.20. The molecule has 0 aliphatic heterocycles. The number of carbonyl (C=O) groups is 1. The fourth-order valence-electron chi connectivity index (χ4n) is 1.83. The molecule has 0 saturated carbocycles. The lowest BCUT2D eigenvalue weighted by molar-refractivity contribution is -0.119. The SMILES string of the molecule is CC[C@H](NC(=O)CSc1nnnn1C)c1ccc(Br)cc1. The second-order valence-corrected chi connectivity index (χ2v) is 6.31. The molecule has 21 heavy (non-hydrogen) atoms. The Morgan fingerprint density at radius 3 is 2.71 bits per heavy atom. The lowest BCUT2D eigenvalue weighted by atomic mass is 10.0. The predicted octanol–water partition coefficient (Wildman–Crippen LogP) is 2.33. The standard InChI is InChI=1S/C13H16BrN5OS/c1-3-11(9-4-6-10(14)7-5-9)15-12(20)8-21-13-16-17-18-19(13)2/h4-7,11H,3,8H2,1-2H3,(H,15,20)/t11-/m0/s1. The average molecular weight is 370 g/mol. The first kappa shape index (κ1) is 16.0. The van der Waals surface area contributed by atoms with Crippen molar-refractivity contribution in [1.29, 1.82) is 0 Å². The summed E-state index contributed by atoms with van der Waals surface area (Å²) in [4.78, 5) is 12.0. The Labute approximate surface area is 135 Å². The molecule has 1 aromatic carbocycles. The van der Waals surface area contributed by atoms with Gasteiger partial charge >= 0.3 is 0 Å². The molecule has 2 rings (SSSR count). The quantitative estimate of drug-likeness (QED) is 0.791. The van der Waals surface area contributed by atoms with E-state index >= 15 is 0 Å². The number of hydrogen-bond acceptors (Lipinski definition) is 5. The number of rotatable bonds is 6. The molecule has 1 atom stereocenters. The fraction of sp³-hybridized carbons (Fsp3) is 0.385. The molecule has 2 aromatic rings. The summed E-state index contributed by atoms with van der Waals surface area (Å²) in [5.41, 5.74) is 1.10. The highest BCUT2D eigenvalue weighted by Gasteiger charge is 2.14. The minimum Gasteiger partial charge on any atom is -0.349 e. The van der Waals surface area contributed by atoms with Crippen LogP contribution >= 0.6 is 27.7 Å². The fourth-order valence-corrected chi connectivity index (χ4v) is 2.75. The van der Waals surface area contributed by atoms with Crippen LogP contribution in [0, 0.1) is 0 Å². The molecule has 112 valence electrons. The topological polar surface area (TPSA) is 72.7 Å². The third-order valence-electron chi connectivity index (χ3n) is 2.93. The van der Waals surface area contributed by atoms with Gasteiger partial charge in [-0.05, 0) is 34.5 Å². The van der Waals surface area contributed by atoms with Gasteiger partial charge in [0, 0.05) is 11.5 Å². The van der Waals surface area contributed by atoms with Gasteiger partial charge in [-0.3, -0.25) is 4.79 Å². The molecular weight excluding hydrogens is 354 g/mol. The van der Waals surface area contributed by atoms with Crippen LogP contribution in [0.2, 0.25) is 0 Å². The summed E-state index contributed by atoms with van der Waals surface area (Å²) in [6, 6.07) is 7.99. The van der Waals surface area contributed by atoms with E-state index in [1.807, 2.05) is 31.2 Å². The van der Waals surface area contributed by atoms with Crippen molar-refractivity contribution >= 4 is 33.6 Å². The second kappa shape index (κ2) is 7.56. The van der Waals surface area contributed by atoms with Crippen molar-refractivity contribution in [2.45, 2.75) is 24.5 Å². The number of amides is 1. The van der Waals surface area contributed by atoms with Gasteiger partial charge in [0.15, 0.2) is 0 Å². The molecule has 0 spiro atoms. The van der Waals surface area contributed by atoms with E-state index in [1.165, 1.54) is 11.8 Å². The Morgan fingerprint density at radius 2 is 2.14 bits per heavy atom. The van der Waals surface area contributed by atoms with E-state index in [1.54, 1.807) is 11.7 Å². The molecule has 8 heteroatoms. The molecule has 6 nitrogen and oxygen atoms in total. The van der Waals surface area contributed by atoms with E-state index in [0.717, 1.165) is 16.5 Å². The summed E-state index contributed by atoms with van der Waals surface area (Å²) in [6.45, 7) is 2.05. The van der Waals surface area contributed by atoms with Crippen LogP contribution in [0.5, 0.6) is 0 Å². The van der Waals surface area contributed by atoms with E-state index in [4.69, 9.17) is 0 Å². The smallest absolute Gasteiger partial charge is 0.230 e. The average Bonchev–Trinajstić information content (AvgIpc) is 2.89. The predicted molar refractivity (Wildman–Crippen MR) is 84.8 cm³/mol. The number of benzene rings is 1. The molecule has 1 aromatic heterocycles. The van der Waals surface area contributed by atoms with Crippen molar-refractivity contribution in [2.24, 2.45) is 7.05 Å². The summed E-state index contributed by atoms with van der Waals surface area (Å²) in [5, 5.41) is 14.8. The van der Waals surface area contributed by atoms with Crippen LogP contribution in [-0.4, -0.2) is 31.9 Å². The maximum atomic E-state index is 12.0. The summed E-state index contributed by atoms with van der Waals surface area (Å²) in [7, 11) is 1.75. The first-order valence-electron chi connectivity index (χ1n) is 6.50. The molecule has 1 heterocycles. The largest absolute Gasteiger partial charge is 0.349 e. The van der Waals surface area contributed by atoms with Gasteiger partial charge in [0.2, 0.25) is 11.1 Å². The summed E-state index contributed by atoms with van der Waals surface area (Å²) in [6.07, 6.45) is 0.837. The number of nitrogens with zero attached hydrogens (tertiary/aromatic N) is 4. The van der Waals surface area contributed by atoms with Crippen LogP contribution in [-0.2, 0) is 11.8 Å². The van der Waals surface area contributed by atoms with Crippen molar-refractivity contribution in [2.75, 3.05) is 5.75 Å². The summed E-state index contributed by atoms with van der Waals surface area (Å²) < 4.78 is 2.57. The molecule has 0 saturated heterocycles. The van der Waals surface area contributed by atoms with E-state index in [9.17, 15) is 4.79 Å². The number of carbonyl (C=O) groups excluding carboxylic acids is 1. The van der Waals surface area contributed by atoms with E-state index in [0.29, 0.717) is 10.9 Å². The van der Waals surface area contributed by atoms with Crippen molar-refractivity contribution in [1.82, 2.24) is 25.5 Å². The number of hydrogen-bond donors (Lipinski definition) is 1. The van der Waals surface area contributed by atoms with Gasteiger partial charge in [-0.2, -0.15) is 0 Å². The van der Waals surface area contributed by atoms with Crippen molar-refractivity contribution < 1.29 is 4.79 Å². The number of aryl methyl sites for hydroxylation is 1. The zero-order valence-corrected chi connectivity index (χ0v) is 14.2. The van der Waals surface area contributed by atoms with E-state index < -0.39 is 0 Å².